The Morgan fingerprint density at radius 1 is 1.29 bits per heavy atom. The molecule has 1 aliphatic carbocycles. The predicted molar refractivity (Wildman–Crippen MR) is 58.4 cm³/mol. The fourth-order valence-corrected chi connectivity index (χ4v) is 2.46. The molecule has 0 N–H and O–H groups in total. The van der Waals surface area contributed by atoms with Gasteiger partial charge in [0.25, 0.3) is 0 Å². The first-order valence-corrected chi connectivity index (χ1v) is 5.61. The summed E-state index contributed by atoms with van der Waals surface area (Å²) in [6, 6.07) is 0. The molecule has 0 amide bonds. The van der Waals surface area contributed by atoms with Crippen molar-refractivity contribution in [1.82, 2.24) is 0 Å². The van der Waals surface area contributed by atoms with Crippen LogP contribution in [0, 0.1) is 11.8 Å². The third-order valence-corrected chi connectivity index (χ3v) is 3.90. The Morgan fingerprint density at radius 3 is 2.36 bits per heavy atom. The minimum atomic E-state index is -0.0693. The topological polar surface area (TPSA) is 18.5 Å². The summed E-state index contributed by atoms with van der Waals surface area (Å²) in [5.41, 5.74) is -0.0693. The van der Waals surface area contributed by atoms with Crippen molar-refractivity contribution < 1.29 is 9.47 Å². The third kappa shape index (κ3) is 2.29. The highest BCUT2D eigenvalue weighted by molar-refractivity contribution is 4.92. The Morgan fingerprint density at radius 2 is 1.93 bits per heavy atom. The molecular formula is C12H24O2. The Balaban J connectivity index is 2.64. The molecule has 84 valence electrons. The van der Waals surface area contributed by atoms with Crippen LogP contribution in [-0.2, 0) is 9.47 Å². The maximum Gasteiger partial charge on any atom is 0.0911 e. The molecule has 0 unspecified atom stereocenters. The van der Waals surface area contributed by atoms with Crippen LogP contribution in [0.3, 0.4) is 0 Å². The average molecular weight is 200 g/mol. The summed E-state index contributed by atoms with van der Waals surface area (Å²) < 4.78 is 11.1. The van der Waals surface area contributed by atoms with Crippen LogP contribution in [0.1, 0.15) is 40.0 Å². The van der Waals surface area contributed by atoms with Gasteiger partial charge < -0.3 is 9.47 Å². The molecule has 0 bridgehead atoms. The lowest BCUT2D eigenvalue weighted by Gasteiger charge is -2.43. The molecule has 0 aromatic rings. The average Bonchev–Trinajstić information content (AvgIpc) is 2.18. The van der Waals surface area contributed by atoms with Crippen LogP contribution >= 0.6 is 0 Å². The van der Waals surface area contributed by atoms with E-state index in [4.69, 9.17) is 9.47 Å². The minimum Gasteiger partial charge on any atom is -0.378 e. The normalized spacial score (nSPS) is 39.0. The van der Waals surface area contributed by atoms with Gasteiger partial charge in [0, 0.05) is 14.2 Å². The van der Waals surface area contributed by atoms with Crippen LogP contribution in [-0.4, -0.2) is 25.9 Å². The second kappa shape index (κ2) is 4.63. The summed E-state index contributed by atoms with van der Waals surface area (Å²) in [6.07, 6.45) is 3.78. The van der Waals surface area contributed by atoms with E-state index in [9.17, 15) is 0 Å². The molecule has 0 spiro atoms. The van der Waals surface area contributed by atoms with Crippen LogP contribution in [0.4, 0.5) is 0 Å². The summed E-state index contributed by atoms with van der Waals surface area (Å²) in [4.78, 5) is 0. The minimum absolute atomic E-state index is 0.0693. The first-order valence-electron chi connectivity index (χ1n) is 5.61. The Bertz CT molecular complexity index is 179. The number of methoxy groups -OCH3 is 2. The lowest BCUT2D eigenvalue weighted by molar-refractivity contribution is -0.140. The Kier molecular flexibility index (Phi) is 3.96. The molecular weight excluding hydrogens is 176 g/mol. The summed E-state index contributed by atoms with van der Waals surface area (Å²) in [5, 5.41) is 0. The molecule has 0 heterocycles. The van der Waals surface area contributed by atoms with Gasteiger partial charge in [0.05, 0.1) is 11.7 Å². The van der Waals surface area contributed by atoms with Gasteiger partial charge in [-0.1, -0.05) is 13.8 Å². The fraction of sp³-hybridized carbons (Fsp3) is 1.00. The van der Waals surface area contributed by atoms with Crippen LogP contribution < -0.4 is 0 Å². The van der Waals surface area contributed by atoms with Crippen molar-refractivity contribution in [3.8, 4) is 0 Å². The lowest BCUT2D eigenvalue weighted by atomic mass is 9.73. The summed E-state index contributed by atoms with van der Waals surface area (Å²) in [7, 11) is 3.59. The first-order chi connectivity index (χ1) is 6.53. The molecule has 0 aromatic carbocycles. The van der Waals surface area contributed by atoms with Gasteiger partial charge in [-0.15, -0.1) is 0 Å². The summed E-state index contributed by atoms with van der Waals surface area (Å²) in [6.45, 7) is 6.76. The first kappa shape index (κ1) is 12.0. The molecule has 0 saturated heterocycles. The van der Waals surface area contributed by atoms with Crippen molar-refractivity contribution in [2.24, 2.45) is 11.8 Å². The molecule has 0 radical (unpaired) electrons. The maximum atomic E-state index is 5.59. The molecule has 1 fully saturated rings. The van der Waals surface area contributed by atoms with E-state index in [2.05, 4.69) is 20.8 Å². The van der Waals surface area contributed by atoms with Crippen molar-refractivity contribution in [1.29, 1.82) is 0 Å². The zero-order valence-electron chi connectivity index (χ0n) is 10.2. The highest BCUT2D eigenvalue weighted by Crippen LogP contribution is 2.38. The second-order valence-corrected chi connectivity index (χ2v) is 5.02. The van der Waals surface area contributed by atoms with E-state index >= 15 is 0 Å². The van der Waals surface area contributed by atoms with Gasteiger partial charge >= 0.3 is 0 Å². The maximum absolute atomic E-state index is 5.59. The Labute approximate surface area is 88.0 Å². The SMILES string of the molecule is CO[C@@H]1C[C@H](C(C)C)CC[C@@]1(C)OC. The lowest BCUT2D eigenvalue weighted by Crippen LogP contribution is -2.47. The van der Waals surface area contributed by atoms with E-state index in [0.29, 0.717) is 0 Å². The van der Waals surface area contributed by atoms with Gasteiger partial charge in [0.15, 0.2) is 0 Å². The van der Waals surface area contributed by atoms with E-state index < -0.39 is 0 Å². The number of rotatable bonds is 3. The van der Waals surface area contributed by atoms with Gasteiger partial charge in [-0.05, 0) is 38.0 Å². The van der Waals surface area contributed by atoms with Gasteiger partial charge in [-0.25, -0.2) is 0 Å². The van der Waals surface area contributed by atoms with E-state index in [1.165, 1.54) is 6.42 Å². The van der Waals surface area contributed by atoms with Gasteiger partial charge in [0.1, 0.15) is 0 Å². The summed E-state index contributed by atoms with van der Waals surface area (Å²) >= 11 is 0. The molecule has 2 nitrogen and oxygen atoms in total. The quantitative estimate of drug-likeness (QED) is 0.697. The van der Waals surface area contributed by atoms with Crippen LogP contribution in [0.2, 0.25) is 0 Å². The smallest absolute Gasteiger partial charge is 0.0911 e. The molecule has 14 heavy (non-hydrogen) atoms. The van der Waals surface area contributed by atoms with Gasteiger partial charge in [-0.2, -0.15) is 0 Å². The highest BCUT2D eigenvalue weighted by atomic mass is 16.5. The second-order valence-electron chi connectivity index (χ2n) is 5.02. The zero-order valence-corrected chi connectivity index (χ0v) is 10.2. The molecule has 0 aromatic heterocycles. The molecule has 3 atom stereocenters. The summed E-state index contributed by atoms with van der Waals surface area (Å²) in [5.74, 6) is 1.55. The Hall–Kier alpha value is -0.0800. The fourth-order valence-electron chi connectivity index (χ4n) is 2.46. The van der Waals surface area contributed by atoms with Crippen molar-refractivity contribution in [2.75, 3.05) is 14.2 Å². The van der Waals surface area contributed by atoms with Crippen molar-refractivity contribution in [2.45, 2.75) is 51.7 Å². The molecule has 0 aliphatic heterocycles. The molecule has 2 heteroatoms. The highest BCUT2D eigenvalue weighted by Gasteiger charge is 2.41. The standard InChI is InChI=1S/C12H24O2/c1-9(2)10-6-7-12(3,14-5)11(8-10)13-4/h9-11H,6-8H2,1-5H3/t10-,11-,12-/m1/s1. The monoisotopic (exact) mass is 200 g/mol. The largest absolute Gasteiger partial charge is 0.378 e. The van der Waals surface area contributed by atoms with E-state index in [0.717, 1.165) is 24.7 Å². The van der Waals surface area contributed by atoms with Crippen molar-refractivity contribution >= 4 is 0 Å². The van der Waals surface area contributed by atoms with E-state index in [-0.39, 0.29) is 11.7 Å². The number of hydrogen-bond donors (Lipinski definition) is 0. The van der Waals surface area contributed by atoms with Crippen LogP contribution in [0.5, 0.6) is 0 Å². The third-order valence-electron chi connectivity index (χ3n) is 3.90. The number of hydrogen-bond acceptors (Lipinski definition) is 2. The van der Waals surface area contributed by atoms with Crippen LogP contribution in [0.15, 0.2) is 0 Å². The predicted octanol–water partition coefficient (Wildman–Crippen LogP) is 2.86. The zero-order chi connectivity index (χ0) is 10.8. The van der Waals surface area contributed by atoms with Crippen LogP contribution in [0.25, 0.3) is 0 Å². The van der Waals surface area contributed by atoms with Crippen molar-refractivity contribution in [3.05, 3.63) is 0 Å². The molecule has 1 rings (SSSR count). The van der Waals surface area contributed by atoms with Gasteiger partial charge in [-0.3, -0.25) is 0 Å². The van der Waals surface area contributed by atoms with E-state index in [1.54, 1.807) is 14.2 Å². The molecule has 1 saturated carbocycles. The van der Waals surface area contributed by atoms with Crippen molar-refractivity contribution in [3.63, 3.8) is 0 Å². The van der Waals surface area contributed by atoms with Gasteiger partial charge in [0.2, 0.25) is 0 Å². The van der Waals surface area contributed by atoms with E-state index in [1.807, 2.05) is 0 Å². The molecule has 1 aliphatic rings. The number of ether oxygens (including phenoxy) is 2.